The smallest absolute Gasteiger partial charge is 0.191 e. The summed E-state index contributed by atoms with van der Waals surface area (Å²) in [5, 5.41) is 16.6. The van der Waals surface area contributed by atoms with Crippen molar-refractivity contribution in [2.75, 3.05) is 39.5 Å². The molecule has 1 saturated heterocycles. The number of nitrogens with one attached hydrogen (secondary N) is 2. The molecule has 0 saturated carbocycles. The lowest BCUT2D eigenvalue weighted by molar-refractivity contribution is 0.131. The number of aliphatic hydroxyl groups is 1. The van der Waals surface area contributed by atoms with Gasteiger partial charge >= 0.3 is 0 Å². The Hall–Kier alpha value is -1.50. The average molecular weight is 384 g/mol. The predicted molar refractivity (Wildman–Crippen MR) is 105 cm³/mol. The van der Waals surface area contributed by atoms with Crippen LogP contribution in [0, 0.1) is 5.41 Å². The maximum Gasteiger partial charge on any atom is 0.191 e. The molecule has 2 rings (SSSR count). The number of aliphatic hydroxyl groups excluding tert-OH is 1. The first-order valence-corrected chi connectivity index (χ1v) is 9.58. The SMILES string of the molecule is CCNC(=NCC1(CCO)CCOC1)NCC(C)Oc1cccc(Cl)c1. The number of halogens is 1. The summed E-state index contributed by atoms with van der Waals surface area (Å²) in [6.45, 7) is 7.61. The summed E-state index contributed by atoms with van der Waals surface area (Å²) < 4.78 is 11.4. The highest BCUT2D eigenvalue weighted by Gasteiger charge is 2.34. The zero-order valence-electron chi connectivity index (χ0n) is 15.6. The van der Waals surface area contributed by atoms with E-state index in [4.69, 9.17) is 26.1 Å². The number of hydrogen-bond donors (Lipinski definition) is 3. The summed E-state index contributed by atoms with van der Waals surface area (Å²) >= 11 is 5.99. The number of aliphatic imine (C=N–C) groups is 1. The summed E-state index contributed by atoms with van der Waals surface area (Å²) in [6.07, 6.45) is 1.60. The van der Waals surface area contributed by atoms with E-state index in [2.05, 4.69) is 10.6 Å². The molecule has 0 bridgehead atoms. The van der Waals surface area contributed by atoms with Gasteiger partial charge in [-0.15, -0.1) is 0 Å². The van der Waals surface area contributed by atoms with Crippen LogP contribution < -0.4 is 15.4 Å². The van der Waals surface area contributed by atoms with Crippen molar-refractivity contribution in [2.24, 2.45) is 10.4 Å². The van der Waals surface area contributed by atoms with Crippen molar-refractivity contribution in [1.29, 1.82) is 0 Å². The van der Waals surface area contributed by atoms with E-state index in [1.54, 1.807) is 6.07 Å². The van der Waals surface area contributed by atoms with Gasteiger partial charge in [-0.05, 0) is 44.9 Å². The summed E-state index contributed by atoms with van der Waals surface area (Å²) in [5.41, 5.74) is -0.0556. The van der Waals surface area contributed by atoms with E-state index < -0.39 is 0 Å². The lowest BCUT2D eigenvalue weighted by Gasteiger charge is -2.25. The van der Waals surface area contributed by atoms with Gasteiger partial charge in [-0.25, -0.2) is 0 Å². The van der Waals surface area contributed by atoms with Gasteiger partial charge in [0.2, 0.25) is 0 Å². The Morgan fingerprint density at radius 2 is 2.31 bits per heavy atom. The van der Waals surface area contributed by atoms with Crippen molar-refractivity contribution in [1.82, 2.24) is 10.6 Å². The summed E-state index contributed by atoms with van der Waals surface area (Å²) in [6, 6.07) is 7.38. The van der Waals surface area contributed by atoms with E-state index >= 15 is 0 Å². The largest absolute Gasteiger partial charge is 0.489 e. The minimum Gasteiger partial charge on any atom is -0.489 e. The highest BCUT2D eigenvalue weighted by Crippen LogP contribution is 2.32. The Morgan fingerprint density at radius 3 is 2.96 bits per heavy atom. The topological polar surface area (TPSA) is 75.1 Å². The van der Waals surface area contributed by atoms with Crippen molar-refractivity contribution < 1.29 is 14.6 Å². The normalized spacial score (nSPS) is 21.5. The van der Waals surface area contributed by atoms with Gasteiger partial charge in [-0.2, -0.15) is 0 Å². The Labute approximate surface area is 160 Å². The van der Waals surface area contributed by atoms with Gasteiger partial charge in [0.05, 0.1) is 19.7 Å². The fraction of sp³-hybridized carbons (Fsp3) is 0.632. The summed E-state index contributed by atoms with van der Waals surface area (Å²) in [4.78, 5) is 4.71. The molecule has 0 radical (unpaired) electrons. The maximum atomic E-state index is 9.34. The van der Waals surface area contributed by atoms with Gasteiger partial charge in [-0.1, -0.05) is 17.7 Å². The Bertz CT molecular complexity index is 577. The average Bonchev–Trinajstić information content (AvgIpc) is 3.06. The van der Waals surface area contributed by atoms with Crippen molar-refractivity contribution in [3.8, 4) is 5.75 Å². The number of benzene rings is 1. The second-order valence-electron chi connectivity index (χ2n) is 6.74. The van der Waals surface area contributed by atoms with Crippen LogP contribution in [0.1, 0.15) is 26.7 Å². The Morgan fingerprint density at radius 1 is 1.46 bits per heavy atom. The van der Waals surface area contributed by atoms with E-state index in [0.29, 0.717) is 31.1 Å². The minimum absolute atomic E-state index is 0.0430. The molecule has 1 heterocycles. The second-order valence-corrected chi connectivity index (χ2v) is 7.17. The highest BCUT2D eigenvalue weighted by atomic mass is 35.5. The first-order valence-electron chi connectivity index (χ1n) is 9.20. The van der Waals surface area contributed by atoms with Crippen LogP contribution in [-0.4, -0.2) is 56.6 Å². The van der Waals surface area contributed by atoms with Crippen LogP contribution in [0.2, 0.25) is 5.02 Å². The molecular weight excluding hydrogens is 354 g/mol. The summed E-state index contributed by atoms with van der Waals surface area (Å²) in [5.74, 6) is 1.50. The van der Waals surface area contributed by atoms with Crippen LogP contribution in [0.3, 0.4) is 0 Å². The van der Waals surface area contributed by atoms with E-state index in [1.165, 1.54) is 0 Å². The fourth-order valence-electron chi connectivity index (χ4n) is 2.93. The van der Waals surface area contributed by atoms with Crippen LogP contribution in [0.4, 0.5) is 0 Å². The standard InChI is InChI=1S/C19H30ClN3O3/c1-3-21-18(23-13-19(7-9-24)8-10-25-14-19)22-12-15(2)26-17-6-4-5-16(20)11-17/h4-6,11,15,24H,3,7-10,12-14H2,1-2H3,(H2,21,22,23). The van der Waals surface area contributed by atoms with Crippen LogP contribution >= 0.6 is 11.6 Å². The molecular formula is C19H30ClN3O3. The van der Waals surface area contributed by atoms with Gasteiger partial charge in [0, 0.05) is 30.2 Å². The number of rotatable bonds is 9. The Kier molecular flexibility index (Phi) is 8.48. The van der Waals surface area contributed by atoms with Gasteiger partial charge < -0.3 is 25.2 Å². The molecule has 6 nitrogen and oxygen atoms in total. The molecule has 0 spiro atoms. The molecule has 1 aromatic rings. The Balaban J connectivity index is 1.88. The summed E-state index contributed by atoms with van der Waals surface area (Å²) in [7, 11) is 0. The molecule has 2 unspecified atom stereocenters. The van der Waals surface area contributed by atoms with Crippen LogP contribution in [0.25, 0.3) is 0 Å². The third-order valence-corrected chi connectivity index (χ3v) is 4.67. The van der Waals surface area contributed by atoms with Crippen molar-refractivity contribution in [2.45, 2.75) is 32.8 Å². The molecule has 1 aromatic carbocycles. The first-order chi connectivity index (χ1) is 12.6. The molecule has 0 amide bonds. The monoisotopic (exact) mass is 383 g/mol. The van der Waals surface area contributed by atoms with E-state index in [0.717, 1.165) is 31.3 Å². The van der Waals surface area contributed by atoms with Crippen LogP contribution in [-0.2, 0) is 4.74 Å². The molecule has 3 N–H and O–H groups in total. The maximum absolute atomic E-state index is 9.34. The lowest BCUT2D eigenvalue weighted by atomic mass is 9.84. The van der Waals surface area contributed by atoms with Crippen molar-refractivity contribution >= 4 is 17.6 Å². The molecule has 1 aliphatic rings. The van der Waals surface area contributed by atoms with Crippen molar-refractivity contribution in [3.05, 3.63) is 29.3 Å². The molecule has 0 aromatic heterocycles. The number of ether oxygens (including phenoxy) is 2. The molecule has 7 heteroatoms. The molecule has 2 atom stereocenters. The van der Waals surface area contributed by atoms with Gasteiger partial charge in [-0.3, -0.25) is 4.99 Å². The van der Waals surface area contributed by atoms with E-state index in [1.807, 2.05) is 32.0 Å². The molecule has 26 heavy (non-hydrogen) atoms. The number of nitrogens with zero attached hydrogens (tertiary/aromatic N) is 1. The molecule has 1 fully saturated rings. The quantitative estimate of drug-likeness (QED) is 0.451. The van der Waals surface area contributed by atoms with Gasteiger partial charge in [0.1, 0.15) is 11.9 Å². The molecule has 1 aliphatic heterocycles. The van der Waals surface area contributed by atoms with Crippen LogP contribution in [0.15, 0.2) is 29.3 Å². The first kappa shape index (κ1) is 20.8. The zero-order chi connectivity index (χ0) is 18.8. The third-order valence-electron chi connectivity index (χ3n) is 4.43. The second kappa shape index (κ2) is 10.6. The lowest BCUT2D eigenvalue weighted by Crippen LogP contribution is -2.42. The predicted octanol–water partition coefficient (Wildman–Crippen LogP) is 2.45. The van der Waals surface area contributed by atoms with Gasteiger partial charge in [0.25, 0.3) is 0 Å². The van der Waals surface area contributed by atoms with Crippen LogP contribution in [0.5, 0.6) is 5.75 Å². The number of hydrogen-bond acceptors (Lipinski definition) is 4. The van der Waals surface area contributed by atoms with E-state index in [-0.39, 0.29) is 18.1 Å². The minimum atomic E-state index is -0.0556. The fourth-order valence-corrected chi connectivity index (χ4v) is 3.11. The highest BCUT2D eigenvalue weighted by molar-refractivity contribution is 6.30. The number of guanidine groups is 1. The van der Waals surface area contributed by atoms with Gasteiger partial charge in [0.15, 0.2) is 5.96 Å². The zero-order valence-corrected chi connectivity index (χ0v) is 16.4. The molecule has 146 valence electrons. The van der Waals surface area contributed by atoms with E-state index in [9.17, 15) is 5.11 Å². The van der Waals surface area contributed by atoms with Crippen molar-refractivity contribution in [3.63, 3.8) is 0 Å². The molecule has 0 aliphatic carbocycles. The third kappa shape index (κ3) is 6.67.